The van der Waals surface area contributed by atoms with E-state index < -0.39 is 16.1 Å². The van der Waals surface area contributed by atoms with E-state index in [-0.39, 0.29) is 22.3 Å². The normalized spacial score (nSPS) is 16.0. The molecule has 3 rings (SSSR count). The number of ether oxygens (including phenoxy) is 1. The number of nitrogens with one attached hydrogen (secondary N) is 1. The van der Waals surface area contributed by atoms with Crippen molar-refractivity contribution in [3.63, 3.8) is 0 Å². The van der Waals surface area contributed by atoms with Crippen LogP contribution in [0.3, 0.4) is 0 Å². The fraction of sp³-hybridized carbons (Fsp3) is 0.0769. The summed E-state index contributed by atoms with van der Waals surface area (Å²) in [4.78, 5) is 16.1. The second kappa shape index (κ2) is 4.74. The molecular weight excluding hydrogens is 294 g/mol. The summed E-state index contributed by atoms with van der Waals surface area (Å²) in [6.45, 7) is 0. The standard InChI is InChI=1S/C13H11N3O4S/c1-20-12-8-4-7-11(15-12)16-13(17)14-9-5-2-3-6-10(9)21(16,18)19/h2-8H,1H3,(H,14,17). The molecule has 0 saturated carbocycles. The minimum Gasteiger partial charge on any atom is -0.481 e. The zero-order valence-electron chi connectivity index (χ0n) is 11.0. The number of hydrogen-bond donors (Lipinski definition) is 1. The van der Waals surface area contributed by atoms with Gasteiger partial charge in [0.05, 0.1) is 12.8 Å². The summed E-state index contributed by atoms with van der Waals surface area (Å²) >= 11 is 0. The molecule has 0 bridgehead atoms. The number of rotatable bonds is 2. The summed E-state index contributed by atoms with van der Waals surface area (Å²) in [6.07, 6.45) is 0. The van der Waals surface area contributed by atoms with Gasteiger partial charge in [0.1, 0.15) is 4.90 Å². The SMILES string of the molecule is COc1cccc(N2C(=O)Nc3ccccc3S2(=O)=O)n1. The van der Waals surface area contributed by atoms with Gasteiger partial charge in [-0.1, -0.05) is 18.2 Å². The highest BCUT2D eigenvalue weighted by Crippen LogP contribution is 2.32. The molecule has 0 unspecified atom stereocenters. The lowest BCUT2D eigenvalue weighted by molar-refractivity contribution is 0.259. The third-order valence-corrected chi connectivity index (χ3v) is 4.70. The number of pyridine rings is 1. The molecule has 21 heavy (non-hydrogen) atoms. The molecule has 1 aliphatic rings. The van der Waals surface area contributed by atoms with Gasteiger partial charge >= 0.3 is 6.03 Å². The van der Waals surface area contributed by atoms with Crippen LogP contribution in [0.4, 0.5) is 16.3 Å². The number of aromatic nitrogens is 1. The lowest BCUT2D eigenvalue weighted by Gasteiger charge is -2.27. The van der Waals surface area contributed by atoms with Crippen LogP contribution in [0.5, 0.6) is 5.88 Å². The van der Waals surface area contributed by atoms with Gasteiger partial charge in [-0.3, -0.25) is 0 Å². The lowest BCUT2D eigenvalue weighted by Crippen LogP contribution is -2.44. The fourth-order valence-corrected chi connectivity index (χ4v) is 3.48. The van der Waals surface area contributed by atoms with Crippen LogP contribution in [-0.2, 0) is 10.0 Å². The Morgan fingerprint density at radius 2 is 1.90 bits per heavy atom. The van der Waals surface area contributed by atoms with Crippen molar-refractivity contribution in [2.75, 3.05) is 16.7 Å². The highest BCUT2D eigenvalue weighted by Gasteiger charge is 2.38. The van der Waals surface area contributed by atoms with E-state index in [9.17, 15) is 13.2 Å². The molecule has 108 valence electrons. The van der Waals surface area contributed by atoms with Gasteiger partial charge in [0.15, 0.2) is 5.82 Å². The number of anilines is 2. The zero-order chi connectivity index (χ0) is 15.0. The Morgan fingerprint density at radius 3 is 2.67 bits per heavy atom. The van der Waals surface area contributed by atoms with Gasteiger partial charge in [0, 0.05) is 6.07 Å². The van der Waals surface area contributed by atoms with E-state index in [2.05, 4.69) is 10.3 Å². The number of nitrogens with zero attached hydrogens (tertiary/aromatic N) is 2. The molecule has 0 aliphatic carbocycles. The van der Waals surface area contributed by atoms with Crippen LogP contribution in [0.1, 0.15) is 0 Å². The van der Waals surface area contributed by atoms with Crippen LogP contribution in [0, 0.1) is 0 Å². The molecule has 2 amide bonds. The van der Waals surface area contributed by atoms with Crippen molar-refractivity contribution in [1.82, 2.24) is 4.98 Å². The number of amides is 2. The Morgan fingerprint density at radius 1 is 1.14 bits per heavy atom. The van der Waals surface area contributed by atoms with E-state index >= 15 is 0 Å². The molecule has 0 fully saturated rings. The van der Waals surface area contributed by atoms with Gasteiger partial charge in [-0.2, -0.15) is 9.29 Å². The molecule has 0 radical (unpaired) electrons. The minimum atomic E-state index is -4.01. The molecular formula is C13H11N3O4S. The van der Waals surface area contributed by atoms with Crippen molar-refractivity contribution in [2.45, 2.75) is 4.90 Å². The predicted octanol–water partition coefficient (Wildman–Crippen LogP) is 1.83. The van der Waals surface area contributed by atoms with Crippen molar-refractivity contribution >= 4 is 27.6 Å². The Balaban J connectivity index is 2.17. The van der Waals surface area contributed by atoms with Crippen molar-refractivity contribution < 1.29 is 17.9 Å². The van der Waals surface area contributed by atoms with Gasteiger partial charge in [0.25, 0.3) is 10.0 Å². The minimum absolute atomic E-state index is 0.0224. The molecule has 0 spiro atoms. The van der Waals surface area contributed by atoms with Gasteiger partial charge in [0.2, 0.25) is 5.88 Å². The summed E-state index contributed by atoms with van der Waals surface area (Å²) in [7, 11) is -2.60. The monoisotopic (exact) mass is 305 g/mol. The number of methoxy groups -OCH3 is 1. The molecule has 1 aliphatic heterocycles. The van der Waals surface area contributed by atoms with Crippen LogP contribution in [0.15, 0.2) is 47.4 Å². The van der Waals surface area contributed by atoms with Crippen LogP contribution >= 0.6 is 0 Å². The summed E-state index contributed by atoms with van der Waals surface area (Å²) in [5.41, 5.74) is 0.252. The first kappa shape index (κ1) is 13.4. The van der Waals surface area contributed by atoms with E-state index in [4.69, 9.17) is 4.74 Å². The summed E-state index contributed by atoms with van der Waals surface area (Å²) in [5, 5.41) is 2.53. The number of urea groups is 1. The second-order valence-corrected chi connectivity index (χ2v) is 5.99. The molecule has 2 heterocycles. The number of sulfonamides is 1. The average Bonchev–Trinajstić information content (AvgIpc) is 2.47. The van der Waals surface area contributed by atoms with Gasteiger partial charge in [-0.25, -0.2) is 13.2 Å². The van der Waals surface area contributed by atoms with E-state index in [1.807, 2.05) is 0 Å². The van der Waals surface area contributed by atoms with Crippen LogP contribution in [0.2, 0.25) is 0 Å². The number of carbonyl (C=O) groups excluding carboxylic acids is 1. The number of benzene rings is 1. The van der Waals surface area contributed by atoms with E-state index in [1.54, 1.807) is 24.3 Å². The number of hydrogen-bond acceptors (Lipinski definition) is 5. The molecule has 1 N–H and O–H groups in total. The maximum Gasteiger partial charge on any atom is 0.341 e. The Hall–Kier alpha value is -2.61. The molecule has 0 saturated heterocycles. The van der Waals surface area contributed by atoms with Gasteiger partial charge in [-0.15, -0.1) is 0 Å². The van der Waals surface area contributed by atoms with E-state index in [0.717, 1.165) is 0 Å². The molecule has 2 aromatic rings. The van der Waals surface area contributed by atoms with Gasteiger partial charge < -0.3 is 10.1 Å². The first-order chi connectivity index (χ1) is 10.0. The number of carbonyl (C=O) groups is 1. The third-order valence-electron chi connectivity index (χ3n) is 2.96. The molecule has 7 nitrogen and oxygen atoms in total. The van der Waals surface area contributed by atoms with Crippen LogP contribution in [-0.4, -0.2) is 26.5 Å². The highest BCUT2D eigenvalue weighted by atomic mass is 32.2. The van der Waals surface area contributed by atoms with Crippen molar-refractivity contribution in [3.05, 3.63) is 42.5 Å². The first-order valence-electron chi connectivity index (χ1n) is 6.00. The third kappa shape index (κ3) is 2.09. The smallest absolute Gasteiger partial charge is 0.341 e. The van der Waals surface area contributed by atoms with Crippen molar-refractivity contribution in [3.8, 4) is 5.88 Å². The average molecular weight is 305 g/mol. The second-order valence-electron chi connectivity index (χ2n) is 4.23. The zero-order valence-corrected chi connectivity index (χ0v) is 11.8. The lowest BCUT2D eigenvalue weighted by atomic mass is 10.3. The predicted molar refractivity (Wildman–Crippen MR) is 75.9 cm³/mol. The summed E-state index contributed by atoms with van der Waals surface area (Å²) in [6, 6.07) is 9.95. The molecule has 0 atom stereocenters. The van der Waals surface area contributed by atoms with E-state index in [0.29, 0.717) is 4.31 Å². The highest BCUT2D eigenvalue weighted by molar-refractivity contribution is 7.94. The van der Waals surface area contributed by atoms with Crippen LogP contribution in [0.25, 0.3) is 0 Å². The Bertz CT molecular complexity index is 820. The Labute approximate surface area is 121 Å². The molecule has 1 aromatic heterocycles. The van der Waals surface area contributed by atoms with Crippen molar-refractivity contribution in [1.29, 1.82) is 0 Å². The molecule has 1 aromatic carbocycles. The topological polar surface area (TPSA) is 88.6 Å². The number of fused-ring (bicyclic) bond motifs is 1. The maximum absolute atomic E-state index is 12.6. The van der Waals surface area contributed by atoms with E-state index in [1.165, 1.54) is 25.3 Å². The van der Waals surface area contributed by atoms with Gasteiger partial charge in [-0.05, 0) is 18.2 Å². The molecule has 8 heteroatoms. The number of para-hydroxylation sites is 1. The van der Waals surface area contributed by atoms with Crippen LogP contribution < -0.4 is 14.4 Å². The fourth-order valence-electron chi connectivity index (χ4n) is 2.03. The quantitative estimate of drug-likeness (QED) is 0.914. The largest absolute Gasteiger partial charge is 0.481 e. The summed E-state index contributed by atoms with van der Waals surface area (Å²) in [5.74, 6) is 0.190. The maximum atomic E-state index is 12.6. The first-order valence-corrected chi connectivity index (χ1v) is 7.44. The summed E-state index contributed by atoms with van der Waals surface area (Å²) < 4.78 is 30.8. The Kier molecular flexibility index (Phi) is 3.02. The van der Waals surface area contributed by atoms with Crippen molar-refractivity contribution in [2.24, 2.45) is 0 Å².